The van der Waals surface area contributed by atoms with Gasteiger partial charge in [0.15, 0.2) is 0 Å². The van der Waals surface area contributed by atoms with Crippen molar-refractivity contribution in [3.63, 3.8) is 0 Å². The zero-order chi connectivity index (χ0) is 13.9. The van der Waals surface area contributed by atoms with Crippen LogP contribution in [0.2, 0.25) is 0 Å². The van der Waals surface area contributed by atoms with Crippen LogP contribution in [0.25, 0.3) is 0 Å². The van der Waals surface area contributed by atoms with Gasteiger partial charge in [-0.25, -0.2) is 0 Å². The van der Waals surface area contributed by atoms with Crippen molar-refractivity contribution in [2.45, 2.75) is 51.0 Å². The molecular weight excluding hydrogens is 236 g/mol. The van der Waals surface area contributed by atoms with E-state index in [4.69, 9.17) is 5.73 Å². The molecule has 1 unspecified atom stereocenters. The third-order valence-electron chi connectivity index (χ3n) is 3.92. The Morgan fingerprint density at radius 1 is 1.42 bits per heavy atom. The van der Waals surface area contributed by atoms with E-state index in [1.807, 2.05) is 19.9 Å². The smallest absolute Gasteiger partial charge is 0.227 e. The van der Waals surface area contributed by atoms with Crippen LogP contribution >= 0.6 is 0 Å². The Labute approximate surface area is 115 Å². The Balaban J connectivity index is 2.13. The highest BCUT2D eigenvalue weighted by Gasteiger charge is 2.29. The number of rotatable bonds is 4. The maximum Gasteiger partial charge on any atom is 0.227 e. The van der Waals surface area contributed by atoms with E-state index < -0.39 is 0 Å². The molecule has 0 spiro atoms. The molecule has 3 nitrogen and oxygen atoms in total. The van der Waals surface area contributed by atoms with Gasteiger partial charge in [-0.1, -0.05) is 24.3 Å². The van der Waals surface area contributed by atoms with Crippen LogP contribution in [0.15, 0.2) is 24.3 Å². The zero-order valence-electron chi connectivity index (χ0n) is 11.9. The van der Waals surface area contributed by atoms with Crippen molar-refractivity contribution in [1.82, 2.24) is 5.32 Å². The van der Waals surface area contributed by atoms with E-state index in [1.165, 1.54) is 11.1 Å². The third-order valence-corrected chi connectivity index (χ3v) is 3.92. The number of hydrogen-bond donors (Lipinski definition) is 2. The second-order valence-electron chi connectivity index (χ2n) is 6.06. The van der Waals surface area contributed by atoms with E-state index in [0.29, 0.717) is 6.54 Å². The molecule has 0 fully saturated rings. The van der Waals surface area contributed by atoms with Gasteiger partial charge < -0.3 is 11.1 Å². The topological polar surface area (TPSA) is 55.1 Å². The first-order valence-corrected chi connectivity index (χ1v) is 7.13. The minimum absolute atomic E-state index is 0.00185. The summed E-state index contributed by atoms with van der Waals surface area (Å²) in [6.45, 7) is 4.66. The number of amides is 1. The van der Waals surface area contributed by atoms with Crippen molar-refractivity contribution in [3.05, 3.63) is 35.4 Å². The molecule has 1 aromatic rings. The van der Waals surface area contributed by atoms with Gasteiger partial charge in [-0.3, -0.25) is 4.79 Å². The van der Waals surface area contributed by atoms with Gasteiger partial charge in [0.25, 0.3) is 0 Å². The van der Waals surface area contributed by atoms with Crippen molar-refractivity contribution in [2.24, 2.45) is 5.73 Å². The van der Waals surface area contributed by atoms with Crippen LogP contribution in [0.1, 0.15) is 50.2 Å². The van der Waals surface area contributed by atoms with E-state index in [1.54, 1.807) is 0 Å². The Morgan fingerprint density at radius 2 is 2.16 bits per heavy atom. The van der Waals surface area contributed by atoms with Crippen LogP contribution < -0.4 is 11.1 Å². The van der Waals surface area contributed by atoms with Crippen LogP contribution in [0.3, 0.4) is 0 Å². The Kier molecular flexibility index (Phi) is 4.25. The molecule has 0 aliphatic heterocycles. The highest BCUT2D eigenvalue weighted by atomic mass is 16.2. The second kappa shape index (κ2) is 5.74. The molecule has 3 N–H and O–H groups in total. The molecule has 1 aliphatic carbocycles. The van der Waals surface area contributed by atoms with Crippen molar-refractivity contribution < 1.29 is 4.79 Å². The molecule has 2 rings (SSSR count). The van der Waals surface area contributed by atoms with Gasteiger partial charge in [-0.2, -0.15) is 0 Å². The van der Waals surface area contributed by atoms with Gasteiger partial charge in [-0.15, -0.1) is 0 Å². The fourth-order valence-corrected chi connectivity index (χ4v) is 2.87. The van der Waals surface area contributed by atoms with Crippen LogP contribution in [-0.4, -0.2) is 18.0 Å². The molecule has 3 heteroatoms. The van der Waals surface area contributed by atoms with Crippen LogP contribution in [0.4, 0.5) is 0 Å². The molecule has 1 aliphatic rings. The molecule has 0 saturated heterocycles. The number of fused-ring (bicyclic) bond motifs is 1. The molecular formula is C16H24N2O. The second-order valence-corrected chi connectivity index (χ2v) is 6.06. The fourth-order valence-electron chi connectivity index (χ4n) is 2.87. The van der Waals surface area contributed by atoms with Crippen molar-refractivity contribution in [1.29, 1.82) is 0 Å². The van der Waals surface area contributed by atoms with Crippen molar-refractivity contribution in [2.75, 3.05) is 6.54 Å². The largest absolute Gasteiger partial charge is 0.351 e. The van der Waals surface area contributed by atoms with Crippen molar-refractivity contribution in [3.8, 4) is 0 Å². The lowest BCUT2D eigenvalue weighted by Gasteiger charge is -2.31. The van der Waals surface area contributed by atoms with Gasteiger partial charge in [0, 0.05) is 5.54 Å². The molecule has 1 amide bonds. The summed E-state index contributed by atoms with van der Waals surface area (Å²) in [6, 6.07) is 8.31. The third kappa shape index (κ3) is 3.35. The van der Waals surface area contributed by atoms with E-state index in [9.17, 15) is 4.79 Å². The average Bonchev–Trinajstić information content (AvgIpc) is 2.37. The first-order chi connectivity index (χ1) is 9.03. The number of benzene rings is 1. The number of carbonyl (C=O) groups is 1. The van der Waals surface area contributed by atoms with Crippen LogP contribution in [0.5, 0.6) is 0 Å². The number of nitrogens with two attached hydrogens (primary N) is 1. The maximum absolute atomic E-state index is 12.5. The lowest BCUT2D eigenvalue weighted by molar-refractivity contribution is -0.124. The highest BCUT2D eigenvalue weighted by molar-refractivity contribution is 5.85. The van der Waals surface area contributed by atoms with Gasteiger partial charge in [-0.05, 0) is 57.2 Å². The van der Waals surface area contributed by atoms with E-state index in [-0.39, 0.29) is 17.4 Å². The Morgan fingerprint density at radius 3 is 2.89 bits per heavy atom. The predicted molar refractivity (Wildman–Crippen MR) is 78.0 cm³/mol. The molecule has 0 aromatic heterocycles. The lowest BCUT2D eigenvalue weighted by atomic mass is 9.82. The first-order valence-electron chi connectivity index (χ1n) is 7.13. The molecule has 104 valence electrons. The fraction of sp³-hybridized carbons (Fsp3) is 0.562. The summed E-state index contributed by atoms with van der Waals surface area (Å²) in [6.07, 6.45) is 3.92. The predicted octanol–water partition coefficient (Wildman–Crippen LogP) is 2.35. The van der Waals surface area contributed by atoms with Gasteiger partial charge in [0.1, 0.15) is 0 Å². The zero-order valence-corrected chi connectivity index (χ0v) is 11.9. The summed E-state index contributed by atoms with van der Waals surface area (Å²) in [5, 5.41) is 3.15. The van der Waals surface area contributed by atoms with E-state index in [2.05, 4.69) is 23.5 Å². The summed E-state index contributed by atoms with van der Waals surface area (Å²) in [4.78, 5) is 12.5. The number of hydrogen-bond acceptors (Lipinski definition) is 2. The maximum atomic E-state index is 12.5. The summed E-state index contributed by atoms with van der Waals surface area (Å²) in [5.41, 5.74) is 7.90. The molecule has 19 heavy (non-hydrogen) atoms. The number of aryl methyl sites for hydroxylation is 1. The average molecular weight is 260 g/mol. The standard InChI is InChI=1S/C16H24N2O/c1-16(2,10-11-17)18-15(19)14-9-5-7-12-6-3-4-8-13(12)14/h3-4,6,8,14H,5,7,9-11,17H2,1-2H3,(H,18,19). The Hall–Kier alpha value is -1.35. The lowest BCUT2D eigenvalue weighted by Crippen LogP contribution is -2.47. The van der Waals surface area contributed by atoms with Gasteiger partial charge in [0.05, 0.1) is 5.92 Å². The molecule has 1 aromatic carbocycles. The van der Waals surface area contributed by atoms with Gasteiger partial charge >= 0.3 is 0 Å². The highest BCUT2D eigenvalue weighted by Crippen LogP contribution is 2.32. The molecule has 0 heterocycles. The molecule has 0 saturated carbocycles. The summed E-state index contributed by atoms with van der Waals surface area (Å²) >= 11 is 0. The van der Waals surface area contributed by atoms with E-state index >= 15 is 0 Å². The first kappa shape index (κ1) is 14.1. The molecule has 0 radical (unpaired) electrons. The summed E-state index contributed by atoms with van der Waals surface area (Å²) < 4.78 is 0. The normalized spacial score (nSPS) is 18.8. The Bertz CT molecular complexity index is 454. The SMILES string of the molecule is CC(C)(CCN)NC(=O)C1CCCc2ccccc21. The molecule has 1 atom stereocenters. The quantitative estimate of drug-likeness (QED) is 0.873. The monoisotopic (exact) mass is 260 g/mol. The van der Waals surface area contributed by atoms with Crippen LogP contribution in [-0.2, 0) is 11.2 Å². The minimum Gasteiger partial charge on any atom is -0.351 e. The minimum atomic E-state index is -0.224. The van der Waals surface area contributed by atoms with Crippen molar-refractivity contribution >= 4 is 5.91 Å². The number of nitrogens with one attached hydrogen (secondary N) is 1. The number of carbonyl (C=O) groups excluding carboxylic acids is 1. The van der Waals surface area contributed by atoms with Crippen LogP contribution in [0, 0.1) is 0 Å². The summed E-state index contributed by atoms with van der Waals surface area (Å²) in [7, 11) is 0. The molecule has 0 bridgehead atoms. The summed E-state index contributed by atoms with van der Waals surface area (Å²) in [5.74, 6) is 0.146. The van der Waals surface area contributed by atoms with E-state index in [0.717, 1.165) is 25.7 Å². The van der Waals surface area contributed by atoms with Gasteiger partial charge in [0.2, 0.25) is 5.91 Å².